The fraction of sp³-hybridized carbons (Fsp3) is 0.290. The zero-order valence-electron chi connectivity index (χ0n) is 23.2. The first-order chi connectivity index (χ1) is 20.1. The van der Waals surface area contributed by atoms with Gasteiger partial charge in [0.25, 0.3) is 0 Å². The molecule has 0 aliphatic carbocycles. The van der Waals surface area contributed by atoms with Crippen LogP contribution in [0, 0.1) is 12.7 Å². The van der Waals surface area contributed by atoms with Crippen molar-refractivity contribution in [1.29, 1.82) is 0 Å². The molecular weight excluding hydrogens is 552 g/mol. The minimum absolute atomic E-state index is 0.0327. The van der Waals surface area contributed by atoms with E-state index < -0.39 is 29.6 Å². The third-order valence-corrected chi connectivity index (χ3v) is 7.84. The molecular formula is C31H28F4N4O3. The number of hydrogen-bond acceptors (Lipinski definition) is 6. The predicted octanol–water partition coefficient (Wildman–Crippen LogP) is 6.74. The molecule has 3 aromatic carbocycles. The molecule has 0 amide bonds. The van der Waals surface area contributed by atoms with Gasteiger partial charge >= 0.3 is 12.1 Å². The summed E-state index contributed by atoms with van der Waals surface area (Å²) in [5.41, 5.74) is 2.74. The summed E-state index contributed by atoms with van der Waals surface area (Å²) < 4.78 is 69.8. The van der Waals surface area contributed by atoms with E-state index in [2.05, 4.69) is 22.8 Å². The molecule has 0 fully saturated rings. The van der Waals surface area contributed by atoms with Crippen molar-refractivity contribution in [2.45, 2.75) is 38.7 Å². The smallest absolute Gasteiger partial charge is 0.416 e. The van der Waals surface area contributed by atoms with Crippen molar-refractivity contribution in [2.75, 3.05) is 25.7 Å². The molecule has 2 aliphatic heterocycles. The van der Waals surface area contributed by atoms with Crippen LogP contribution in [0.1, 0.15) is 34.8 Å². The van der Waals surface area contributed by atoms with Gasteiger partial charge in [0.15, 0.2) is 0 Å². The molecule has 0 bridgehead atoms. The molecule has 11 heteroatoms. The standard InChI is InChI=1S/C31H28F4N4O3/c1-18-7-8-19-14-21-17-37(11-12-38(21)24(19)13-18)30-36-29-22(5-4-6-23(29)32)25(16-28(40)42-3)39(30)26-15-20(31(33,34)35)9-10-27(26)41-2/h4-10,13-15,25H,11-12,16-17H2,1-3H3. The second kappa shape index (κ2) is 10.4. The van der Waals surface area contributed by atoms with Gasteiger partial charge in [0.05, 0.1) is 44.5 Å². The number of guanidine groups is 1. The van der Waals surface area contributed by atoms with Gasteiger partial charge in [-0.15, -0.1) is 0 Å². The van der Waals surface area contributed by atoms with E-state index in [9.17, 15) is 18.0 Å². The largest absolute Gasteiger partial charge is 0.495 e. The zero-order valence-corrected chi connectivity index (χ0v) is 23.2. The Bertz CT molecular complexity index is 1730. The van der Waals surface area contributed by atoms with E-state index in [0.29, 0.717) is 25.2 Å². The van der Waals surface area contributed by atoms with Gasteiger partial charge in [-0.25, -0.2) is 9.38 Å². The first kappa shape index (κ1) is 27.6. The number of anilines is 1. The Kier molecular flexibility index (Phi) is 6.83. The van der Waals surface area contributed by atoms with Gasteiger partial charge in [0, 0.05) is 29.9 Å². The van der Waals surface area contributed by atoms with Crippen molar-refractivity contribution in [2.24, 2.45) is 4.99 Å². The van der Waals surface area contributed by atoms with E-state index in [1.807, 2.05) is 17.9 Å². The summed E-state index contributed by atoms with van der Waals surface area (Å²) in [4.78, 5) is 20.9. The van der Waals surface area contributed by atoms with E-state index in [1.54, 1.807) is 11.0 Å². The lowest BCUT2D eigenvalue weighted by molar-refractivity contribution is -0.141. The number of fused-ring (bicyclic) bond motifs is 4. The molecule has 0 N–H and O–H groups in total. The number of methoxy groups -OCH3 is 2. The summed E-state index contributed by atoms with van der Waals surface area (Å²) in [6, 6.07) is 14.9. The molecule has 0 saturated carbocycles. The molecule has 6 rings (SSSR count). The van der Waals surface area contributed by atoms with Crippen LogP contribution < -0.4 is 9.64 Å². The number of benzene rings is 3. The van der Waals surface area contributed by atoms with Gasteiger partial charge in [-0.1, -0.05) is 24.3 Å². The third-order valence-electron chi connectivity index (χ3n) is 7.84. The molecule has 42 heavy (non-hydrogen) atoms. The minimum atomic E-state index is -4.64. The van der Waals surface area contributed by atoms with E-state index in [-0.39, 0.29) is 29.5 Å². The molecule has 0 saturated heterocycles. The van der Waals surface area contributed by atoms with Gasteiger partial charge in [0.2, 0.25) is 5.96 Å². The van der Waals surface area contributed by atoms with Gasteiger partial charge in [-0.3, -0.25) is 4.79 Å². The average molecular weight is 581 g/mol. The van der Waals surface area contributed by atoms with Crippen LogP contribution in [0.3, 0.4) is 0 Å². The highest BCUT2D eigenvalue weighted by molar-refractivity contribution is 6.02. The lowest BCUT2D eigenvalue weighted by Gasteiger charge is -2.43. The summed E-state index contributed by atoms with van der Waals surface area (Å²) in [5.74, 6) is -0.850. The number of carbonyl (C=O) groups excluding carboxylic acids is 1. The number of alkyl halides is 3. The molecule has 1 aromatic heterocycles. The van der Waals surface area contributed by atoms with Gasteiger partial charge in [-0.05, 0) is 54.3 Å². The van der Waals surface area contributed by atoms with Crippen molar-refractivity contribution < 1.29 is 31.8 Å². The quantitative estimate of drug-likeness (QED) is 0.198. The van der Waals surface area contributed by atoms with Crippen LogP contribution in [0.25, 0.3) is 10.9 Å². The molecule has 7 nitrogen and oxygen atoms in total. The summed E-state index contributed by atoms with van der Waals surface area (Å²) >= 11 is 0. The Morgan fingerprint density at radius 2 is 1.86 bits per heavy atom. The molecule has 218 valence electrons. The first-order valence-electron chi connectivity index (χ1n) is 13.4. The second-order valence-corrected chi connectivity index (χ2v) is 10.4. The number of aliphatic imine (C=N–C) groups is 1. The summed E-state index contributed by atoms with van der Waals surface area (Å²) in [7, 11) is 2.59. The predicted molar refractivity (Wildman–Crippen MR) is 150 cm³/mol. The minimum Gasteiger partial charge on any atom is -0.495 e. The van der Waals surface area contributed by atoms with Crippen molar-refractivity contribution in [1.82, 2.24) is 9.47 Å². The zero-order chi connectivity index (χ0) is 29.8. The molecule has 1 unspecified atom stereocenters. The third kappa shape index (κ3) is 4.72. The van der Waals surface area contributed by atoms with E-state index >= 15 is 4.39 Å². The van der Waals surface area contributed by atoms with Crippen LogP contribution in [0.5, 0.6) is 5.75 Å². The maximum absolute atomic E-state index is 15.3. The summed E-state index contributed by atoms with van der Waals surface area (Å²) in [5, 5.41) is 1.07. The first-order valence-corrected chi connectivity index (χ1v) is 13.4. The van der Waals surface area contributed by atoms with Crippen LogP contribution in [-0.4, -0.2) is 42.2 Å². The van der Waals surface area contributed by atoms with Crippen LogP contribution in [-0.2, 0) is 28.8 Å². The highest BCUT2D eigenvalue weighted by Gasteiger charge is 2.40. The monoisotopic (exact) mass is 580 g/mol. The van der Waals surface area contributed by atoms with Crippen molar-refractivity contribution >= 4 is 34.2 Å². The van der Waals surface area contributed by atoms with Crippen molar-refractivity contribution in [3.8, 4) is 5.75 Å². The number of ether oxygens (including phenoxy) is 2. The lowest BCUT2D eigenvalue weighted by Crippen LogP contribution is -2.50. The Balaban J connectivity index is 1.55. The van der Waals surface area contributed by atoms with Crippen molar-refractivity contribution in [3.05, 3.63) is 88.9 Å². The number of esters is 1. The van der Waals surface area contributed by atoms with Gasteiger partial charge < -0.3 is 23.8 Å². The Labute approximate surface area is 239 Å². The van der Waals surface area contributed by atoms with Gasteiger partial charge in [-0.2, -0.15) is 13.2 Å². The molecule has 4 aromatic rings. The van der Waals surface area contributed by atoms with Crippen LogP contribution in [0.4, 0.5) is 28.9 Å². The molecule has 0 spiro atoms. The lowest BCUT2D eigenvalue weighted by atomic mass is 9.96. The Morgan fingerprint density at radius 3 is 2.60 bits per heavy atom. The maximum Gasteiger partial charge on any atom is 0.416 e. The number of carbonyl (C=O) groups is 1. The fourth-order valence-corrected chi connectivity index (χ4v) is 5.83. The number of aryl methyl sites for hydroxylation is 1. The second-order valence-electron chi connectivity index (χ2n) is 10.4. The number of nitrogens with zero attached hydrogens (tertiary/aromatic N) is 4. The summed E-state index contributed by atoms with van der Waals surface area (Å²) in [6.07, 6.45) is -4.90. The normalized spacial score (nSPS) is 16.6. The van der Waals surface area contributed by atoms with Crippen molar-refractivity contribution in [3.63, 3.8) is 0 Å². The highest BCUT2D eigenvalue weighted by atomic mass is 19.4. The number of para-hydroxylation sites is 1. The van der Waals surface area contributed by atoms with Crippen LogP contribution >= 0.6 is 0 Å². The topological polar surface area (TPSA) is 59.3 Å². The van der Waals surface area contributed by atoms with Crippen LogP contribution in [0.2, 0.25) is 0 Å². The number of aromatic nitrogens is 1. The van der Waals surface area contributed by atoms with E-state index in [1.165, 1.54) is 32.4 Å². The fourth-order valence-electron chi connectivity index (χ4n) is 5.83. The SMILES string of the molecule is COC(=O)CC1c2cccc(F)c2N=C(N2CCn3c(cc4ccc(C)cc43)C2)N1c1cc(C(F)(F)F)ccc1OC. The van der Waals surface area contributed by atoms with Crippen LogP contribution in [0.15, 0.2) is 65.7 Å². The maximum atomic E-state index is 15.3. The number of rotatable bonds is 4. The Morgan fingerprint density at radius 1 is 1.05 bits per heavy atom. The average Bonchev–Trinajstić information content (AvgIpc) is 3.33. The highest BCUT2D eigenvalue weighted by Crippen LogP contribution is 2.46. The molecule has 2 aliphatic rings. The number of hydrogen-bond donors (Lipinski definition) is 0. The molecule has 3 heterocycles. The Hall–Kier alpha value is -4.54. The summed E-state index contributed by atoms with van der Waals surface area (Å²) in [6.45, 7) is 3.40. The molecule has 0 radical (unpaired) electrons. The van der Waals surface area contributed by atoms with E-state index in [0.717, 1.165) is 34.3 Å². The molecule has 1 atom stereocenters. The van der Waals surface area contributed by atoms with E-state index in [4.69, 9.17) is 14.5 Å². The van der Waals surface area contributed by atoms with Gasteiger partial charge in [0.1, 0.15) is 17.3 Å². The number of halogens is 4.